The number of rotatable bonds is 0. The van der Waals surface area contributed by atoms with Crippen molar-refractivity contribution in [2.75, 3.05) is 0 Å². The van der Waals surface area contributed by atoms with Crippen LogP contribution in [0.4, 0.5) is 0 Å². The van der Waals surface area contributed by atoms with Crippen LogP contribution in [0.2, 0.25) is 0 Å². The van der Waals surface area contributed by atoms with Crippen LogP contribution in [-0.2, 0) is 6.42 Å². The summed E-state index contributed by atoms with van der Waals surface area (Å²) < 4.78 is 1.15. The Balaban J connectivity index is 1.91. The first-order valence-corrected chi connectivity index (χ1v) is 9.87. The van der Waals surface area contributed by atoms with Gasteiger partial charge in [-0.1, -0.05) is 42.5 Å². The fourth-order valence-corrected chi connectivity index (χ4v) is 5.95. The van der Waals surface area contributed by atoms with Crippen LogP contribution < -0.4 is 0 Å². The molecular formula is C21H15BrOS. The molecule has 0 saturated carbocycles. The molecule has 1 heterocycles. The molecule has 0 N–H and O–H groups in total. The molecule has 2 bridgehead atoms. The van der Waals surface area contributed by atoms with E-state index in [0.717, 1.165) is 27.8 Å². The van der Waals surface area contributed by atoms with E-state index in [1.165, 1.54) is 27.1 Å². The highest BCUT2D eigenvalue weighted by Crippen LogP contribution is 2.49. The second kappa shape index (κ2) is 5.40. The van der Waals surface area contributed by atoms with E-state index in [0.29, 0.717) is 12.3 Å². The summed E-state index contributed by atoms with van der Waals surface area (Å²) >= 11 is 5.46. The molecule has 0 aliphatic heterocycles. The number of thiophene rings is 1. The molecule has 2 aliphatic rings. The van der Waals surface area contributed by atoms with E-state index in [1.54, 1.807) is 11.3 Å². The number of halogens is 1. The molecule has 5 rings (SSSR count). The van der Waals surface area contributed by atoms with E-state index < -0.39 is 0 Å². The van der Waals surface area contributed by atoms with Crippen molar-refractivity contribution in [2.24, 2.45) is 0 Å². The molecule has 2 aromatic carbocycles. The normalized spacial score (nSPS) is 18.2. The van der Waals surface area contributed by atoms with Crippen molar-refractivity contribution in [3.05, 3.63) is 69.0 Å². The molecule has 1 unspecified atom stereocenters. The number of fused-ring (bicyclic) bond motifs is 7. The average molecular weight is 395 g/mol. The lowest BCUT2D eigenvalue weighted by Crippen LogP contribution is -2.08. The maximum atomic E-state index is 13.0. The summed E-state index contributed by atoms with van der Waals surface area (Å²) in [6, 6.07) is 16.9. The van der Waals surface area contributed by atoms with Gasteiger partial charge in [0, 0.05) is 16.9 Å². The van der Waals surface area contributed by atoms with Gasteiger partial charge in [0.2, 0.25) is 0 Å². The molecule has 1 aromatic heterocycles. The Morgan fingerprint density at radius 1 is 0.958 bits per heavy atom. The summed E-state index contributed by atoms with van der Waals surface area (Å²) in [7, 11) is 0. The predicted molar refractivity (Wildman–Crippen MR) is 103 cm³/mol. The van der Waals surface area contributed by atoms with Gasteiger partial charge in [0.15, 0.2) is 5.78 Å². The lowest BCUT2D eigenvalue weighted by Gasteiger charge is -2.17. The van der Waals surface area contributed by atoms with Gasteiger partial charge >= 0.3 is 0 Å². The van der Waals surface area contributed by atoms with Crippen molar-refractivity contribution < 1.29 is 4.79 Å². The van der Waals surface area contributed by atoms with Gasteiger partial charge in [-0.25, -0.2) is 0 Å². The maximum Gasteiger partial charge on any atom is 0.164 e. The fourth-order valence-electron chi connectivity index (χ4n) is 4.19. The van der Waals surface area contributed by atoms with E-state index in [2.05, 4.69) is 46.3 Å². The minimum absolute atomic E-state index is 0.268. The van der Waals surface area contributed by atoms with Gasteiger partial charge in [-0.2, -0.15) is 0 Å². The van der Waals surface area contributed by atoms with Gasteiger partial charge in [0.05, 0.1) is 3.79 Å². The summed E-state index contributed by atoms with van der Waals surface area (Å²) in [5, 5.41) is 0. The highest BCUT2D eigenvalue weighted by atomic mass is 79.9. The van der Waals surface area contributed by atoms with Gasteiger partial charge < -0.3 is 0 Å². The third kappa shape index (κ3) is 2.08. The smallest absolute Gasteiger partial charge is 0.164 e. The summed E-state index contributed by atoms with van der Waals surface area (Å²) in [4.78, 5) is 14.4. The van der Waals surface area contributed by atoms with E-state index in [9.17, 15) is 4.79 Å². The maximum absolute atomic E-state index is 13.0. The van der Waals surface area contributed by atoms with Crippen molar-refractivity contribution in [1.29, 1.82) is 0 Å². The standard InChI is InChI=1S/C21H15BrOS/c22-20-11-18-12-8-9-15-13(6-3-7-17(15)21(18)24-20)14-4-1-2-5-16(14)19(23)10-12/h1-7,11-12H,8-10H2. The van der Waals surface area contributed by atoms with Crippen LogP contribution in [0, 0.1) is 0 Å². The van der Waals surface area contributed by atoms with Crippen molar-refractivity contribution in [3.8, 4) is 21.6 Å². The largest absolute Gasteiger partial charge is 0.294 e. The minimum atomic E-state index is 0.268. The number of ketones is 1. The number of Topliss-reactive ketones (excluding diaryl/α,β-unsaturated/α-hetero) is 1. The van der Waals surface area contributed by atoms with Gasteiger partial charge in [-0.3, -0.25) is 4.79 Å². The van der Waals surface area contributed by atoms with Gasteiger partial charge in [0.25, 0.3) is 0 Å². The SMILES string of the molecule is O=C1CC2CCc3c(cccc3-c3sc(Br)cc32)-c2ccccc21. The van der Waals surface area contributed by atoms with Gasteiger partial charge in [-0.15, -0.1) is 11.3 Å². The number of carbonyl (C=O) groups excluding carboxylic acids is 1. The summed E-state index contributed by atoms with van der Waals surface area (Å²) in [6.45, 7) is 0. The highest BCUT2D eigenvalue weighted by molar-refractivity contribution is 9.11. The first kappa shape index (κ1) is 14.6. The number of hydrogen-bond donors (Lipinski definition) is 0. The molecule has 0 saturated heterocycles. The lowest BCUT2D eigenvalue weighted by molar-refractivity contribution is 0.0973. The van der Waals surface area contributed by atoms with Crippen LogP contribution in [0.1, 0.15) is 40.2 Å². The highest BCUT2D eigenvalue weighted by Gasteiger charge is 2.30. The minimum Gasteiger partial charge on any atom is -0.294 e. The van der Waals surface area contributed by atoms with Crippen LogP contribution in [0.25, 0.3) is 21.6 Å². The van der Waals surface area contributed by atoms with Crippen molar-refractivity contribution in [3.63, 3.8) is 0 Å². The number of carbonyl (C=O) groups is 1. The molecule has 0 spiro atoms. The summed E-state index contributed by atoms with van der Waals surface area (Å²) in [5.41, 5.74) is 7.30. The van der Waals surface area contributed by atoms with Crippen molar-refractivity contribution in [2.45, 2.75) is 25.2 Å². The molecule has 118 valence electrons. The topological polar surface area (TPSA) is 17.1 Å². The van der Waals surface area contributed by atoms with Crippen LogP contribution in [0.15, 0.2) is 52.3 Å². The first-order valence-electron chi connectivity index (χ1n) is 8.26. The van der Waals surface area contributed by atoms with Crippen LogP contribution in [0.5, 0.6) is 0 Å². The monoisotopic (exact) mass is 394 g/mol. The zero-order valence-electron chi connectivity index (χ0n) is 13.0. The lowest BCUT2D eigenvalue weighted by atomic mass is 9.87. The molecule has 0 radical (unpaired) electrons. The van der Waals surface area contributed by atoms with E-state index in [4.69, 9.17) is 0 Å². The fraction of sp³-hybridized carbons (Fsp3) is 0.190. The predicted octanol–water partition coefficient (Wildman–Crippen LogP) is 6.46. The Morgan fingerprint density at radius 3 is 2.58 bits per heavy atom. The first-order chi connectivity index (χ1) is 11.7. The molecule has 1 nitrogen and oxygen atoms in total. The van der Waals surface area contributed by atoms with E-state index in [-0.39, 0.29) is 5.78 Å². The summed E-state index contributed by atoms with van der Waals surface area (Å²) in [6.07, 6.45) is 2.68. The molecule has 0 amide bonds. The van der Waals surface area contributed by atoms with Crippen LogP contribution in [-0.4, -0.2) is 5.78 Å². The van der Waals surface area contributed by atoms with Crippen molar-refractivity contribution >= 4 is 33.0 Å². The Morgan fingerprint density at radius 2 is 1.71 bits per heavy atom. The second-order valence-electron chi connectivity index (χ2n) is 6.58. The third-order valence-electron chi connectivity index (χ3n) is 5.28. The molecular weight excluding hydrogens is 380 g/mol. The van der Waals surface area contributed by atoms with Gasteiger partial charge in [-0.05, 0) is 68.6 Å². The number of benzene rings is 2. The zero-order chi connectivity index (χ0) is 16.3. The van der Waals surface area contributed by atoms with Crippen LogP contribution >= 0.6 is 27.3 Å². The second-order valence-corrected chi connectivity index (χ2v) is 9.01. The Kier molecular flexibility index (Phi) is 3.29. The zero-order valence-corrected chi connectivity index (χ0v) is 15.4. The molecule has 1 atom stereocenters. The molecule has 24 heavy (non-hydrogen) atoms. The molecule has 0 fully saturated rings. The average Bonchev–Trinajstić information content (AvgIpc) is 2.95. The number of hydrogen-bond acceptors (Lipinski definition) is 2. The molecule has 2 aliphatic carbocycles. The van der Waals surface area contributed by atoms with E-state index >= 15 is 0 Å². The third-order valence-corrected chi connectivity index (χ3v) is 6.97. The van der Waals surface area contributed by atoms with Crippen LogP contribution in [0.3, 0.4) is 0 Å². The Hall–Kier alpha value is -1.71. The van der Waals surface area contributed by atoms with E-state index in [1.807, 2.05) is 18.2 Å². The Labute approximate surface area is 153 Å². The van der Waals surface area contributed by atoms with Crippen molar-refractivity contribution in [1.82, 2.24) is 0 Å². The Bertz CT molecular complexity index is 985. The molecule has 3 heteroatoms. The quantitative estimate of drug-likeness (QED) is 0.427. The summed E-state index contributed by atoms with van der Waals surface area (Å²) in [5.74, 6) is 0.575. The van der Waals surface area contributed by atoms with Gasteiger partial charge in [0.1, 0.15) is 0 Å². The molecule has 3 aromatic rings.